The summed E-state index contributed by atoms with van der Waals surface area (Å²) in [5.41, 5.74) is 2.44. The second kappa shape index (κ2) is 8.37. The molecule has 3 heterocycles. The smallest absolute Gasteiger partial charge is 0.254 e. The predicted octanol–water partition coefficient (Wildman–Crippen LogP) is 3.41. The average molecular weight is 443 g/mol. The van der Waals surface area contributed by atoms with Crippen molar-refractivity contribution in [2.75, 3.05) is 35.7 Å². The third-order valence-electron chi connectivity index (χ3n) is 6.12. The van der Waals surface area contributed by atoms with Gasteiger partial charge < -0.3 is 20.4 Å². The Labute approximate surface area is 185 Å². The Hall–Kier alpha value is -3.23. The highest BCUT2D eigenvalue weighted by Crippen LogP contribution is 2.37. The van der Waals surface area contributed by atoms with Gasteiger partial charge in [0.25, 0.3) is 5.91 Å². The molecule has 9 heteroatoms. The molecule has 0 bridgehead atoms. The van der Waals surface area contributed by atoms with Crippen LogP contribution in [-0.2, 0) is 4.79 Å². The van der Waals surface area contributed by atoms with E-state index >= 15 is 0 Å². The van der Waals surface area contributed by atoms with Crippen molar-refractivity contribution >= 4 is 29.0 Å². The fourth-order valence-corrected chi connectivity index (χ4v) is 4.52. The van der Waals surface area contributed by atoms with Crippen LogP contribution in [0.2, 0.25) is 0 Å². The molecule has 1 unspecified atom stereocenters. The van der Waals surface area contributed by atoms with Gasteiger partial charge in [-0.15, -0.1) is 0 Å². The number of benzene rings is 1. The van der Waals surface area contributed by atoms with Gasteiger partial charge in [0.2, 0.25) is 5.91 Å². The van der Waals surface area contributed by atoms with Gasteiger partial charge in [-0.1, -0.05) is 13.8 Å². The quantitative estimate of drug-likeness (QED) is 0.757. The van der Waals surface area contributed by atoms with Crippen molar-refractivity contribution in [1.82, 2.24) is 9.88 Å². The molecule has 1 saturated heterocycles. The Bertz CT molecular complexity index is 1070. The molecule has 1 aromatic heterocycles. The van der Waals surface area contributed by atoms with Crippen molar-refractivity contribution in [2.24, 2.45) is 5.92 Å². The number of pyridine rings is 1. The molecule has 0 aliphatic carbocycles. The Morgan fingerprint density at radius 1 is 1.25 bits per heavy atom. The first-order valence-electron chi connectivity index (χ1n) is 10.7. The first-order valence-corrected chi connectivity index (χ1v) is 10.7. The monoisotopic (exact) mass is 443 g/mol. The third-order valence-corrected chi connectivity index (χ3v) is 6.12. The molecular formula is C23H27F2N5O2. The van der Waals surface area contributed by atoms with Gasteiger partial charge in [0.1, 0.15) is 11.9 Å². The number of fused-ring (bicyclic) bond motifs is 1. The number of halogens is 2. The number of aryl methyl sites for hydroxylation is 1. The maximum absolute atomic E-state index is 13.5. The van der Waals surface area contributed by atoms with E-state index in [9.17, 15) is 18.4 Å². The molecule has 0 radical (unpaired) electrons. The molecule has 7 nitrogen and oxygen atoms in total. The van der Waals surface area contributed by atoms with Crippen LogP contribution in [0.1, 0.15) is 36.3 Å². The number of likely N-dealkylation sites (N-methyl/N-ethyl adjacent to an activating group) is 1. The van der Waals surface area contributed by atoms with Crippen LogP contribution in [-0.4, -0.2) is 53.9 Å². The van der Waals surface area contributed by atoms with Crippen molar-refractivity contribution in [2.45, 2.75) is 39.3 Å². The molecular weight excluding hydrogens is 416 g/mol. The summed E-state index contributed by atoms with van der Waals surface area (Å²) < 4.78 is 26.7. The molecule has 170 valence electrons. The van der Waals surface area contributed by atoms with Crippen molar-refractivity contribution in [3.63, 3.8) is 0 Å². The zero-order valence-electron chi connectivity index (χ0n) is 18.6. The number of anilines is 3. The van der Waals surface area contributed by atoms with E-state index in [1.54, 1.807) is 4.90 Å². The molecule has 2 aliphatic heterocycles. The summed E-state index contributed by atoms with van der Waals surface area (Å²) in [6, 6.07) is 4.81. The molecule has 0 spiro atoms. The summed E-state index contributed by atoms with van der Waals surface area (Å²) in [4.78, 5) is 33.4. The Morgan fingerprint density at radius 2 is 2.00 bits per heavy atom. The van der Waals surface area contributed by atoms with Gasteiger partial charge in [-0.2, -0.15) is 0 Å². The molecule has 2 aromatic rings. The van der Waals surface area contributed by atoms with E-state index in [0.717, 1.165) is 17.8 Å². The van der Waals surface area contributed by atoms with Crippen LogP contribution in [0.25, 0.3) is 0 Å². The molecule has 0 saturated carbocycles. The number of aromatic nitrogens is 1. The van der Waals surface area contributed by atoms with Gasteiger partial charge in [0, 0.05) is 37.8 Å². The molecule has 32 heavy (non-hydrogen) atoms. The van der Waals surface area contributed by atoms with Crippen molar-refractivity contribution < 1.29 is 18.4 Å². The Kier molecular flexibility index (Phi) is 5.75. The second-order valence-electron chi connectivity index (χ2n) is 8.79. The van der Waals surface area contributed by atoms with Crippen LogP contribution in [0.3, 0.4) is 0 Å². The van der Waals surface area contributed by atoms with Crippen LogP contribution in [0, 0.1) is 24.5 Å². The standard InChI is InChI=1S/C23H27F2N5O2/c1-12(2)21-22(31)28-20-13(3)26-19(10-18(20)29(21)4)27-15-7-8-30(11-15)23(32)14-5-6-16(24)17(25)9-14/h5-6,9-10,12,15,21H,7-8,11H2,1-4H3,(H,26,27)(H,28,31)/t15-,21?/m1/s1. The number of likely N-dealkylation sites (tertiary alicyclic amines) is 1. The van der Waals surface area contributed by atoms with Crippen LogP contribution in [0.5, 0.6) is 0 Å². The number of rotatable bonds is 4. The minimum atomic E-state index is -1.03. The maximum atomic E-state index is 13.5. The highest BCUT2D eigenvalue weighted by atomic mass is 19.2. The number of carbonyl (C=O) groups excluding carboxylic acids is 2. The van der Waals surface area contributed by atoms with Gasteiger partial charge in [0.15, 0.2) is 11.6 Å². The molecule has 2 atom stereocenters. The molecule has 1 aromatic carbocycles. The van der Waals surface area contributed by atoms with Gasteiger partial charge in [-0.25, -0.2) is 13.8 Å². The van der Waals surface area contributed by atoms with Crippen LogP contribution in [0.4, 0.5) is 26.0 Å². The van der Waals surface area contributed by atoms with E-state index in [1.807, 2.05) is 38.8 Å². The van der Waals surface area contributed by atoms with Crippen molar-refractivity contribution in [1.29, 1.82) is 0 Å². The summed E-state index contributed by atoms with van der Waals surface area (Å²) in [6.45, 7) is 6.80. The zero-order valence-corrected chi connectivity index (χ0v) is 18.6. The maximum Gasteiger partial charge on any atom is 0.254 e. The zero-order chi connectivity index (χ0) is 23.2. The first kappa shape index (κ1) is 22.0. The minimum absolute atomic E-state index is 0.0291. The van der Waals surface area contributed by atoms with E-state index in [2.05, 4.69) is 15.6 Å². The summed E-state index contributed by atoms with van der Waals surface area (Å²) in [7, 11) is 1.91. The number of amides is 2. The number of nitrogens with one attached hydrogen (secondary N) is 2. The lowest BCUT2D eigenvalue weighted by Crippen LogP contribution is -2.49. The van der Waals surface area contributed by atoms with Crippen LogP contribution in [0.15, 0.2) is 24.3 Å². The van der Waals surface area contributed by atoms with E-state index < -0.39 is 11.6 Å². The van der Waals surface area contributed by atoms with Gasteiger partial charge in [-0.05, 0) is 37.5 Å². The number of carbonyl (C=O) groups is 2. The Balaban J connectivity index is 1.49. The first-order chi connectivity index (χ1) is 15.2. The van der Waals surface area contributed by atoms with Crippen molar-refractivity contribution in [3.8, 4) is 0 Å². The normalized spacial score (nSPS) is 20.4. The molecule has 2 N–H and O–H groups in total. The minimum Gasteiger partial charge on any atom is -0.365 e. The number of hydrogen-bond acceptors (Lipinski definition) is 5. The fourth-order valence-electron chi connectivity index (χ4n) is 4.52. The highest BCUT2D eigenvalue weighted by Gasteiger charge is 2.35. The Morgan fingerprint density at radius 3 is 2.69 bits per heavy atom. The van der Waals surface area contributed by atoms with E-state index in [4.69, 9.17) is 0 Å². The van der Waals surface area contributed by atoms with E-state index in [1.165, 1.54) is 6.07 Å². The van der Waals surface area contributed by atoms with E-state index in [-0.39, 0.29) is 35.4 Å². The summed E-state index contributed by atoms with van der Waals surface area (Å²) >= 11 is 0. The highest BCUT2D eigenvalue weighted by molar-refractivity contribution is 6.04. The number of hydrogen-bond donors (Lipinski definition) is 2. The number of nitrogens with zero attached hydrogens (tertiary/aromatic N) is 3. The average Bonchev–Trinajstić information content (AvgIpc) is 3.18. The summed E-state index contributed by atoms with van der Waals surface area (Å²) in [5, 5.41) is 6.36. The molecule has 2 aliphatic rings. The lowest BCUT2D eigenvalue weighted by molar-refractivity contribution is -0.118. The molecule has 2 amide bonds. The van der Waals surface area contributed by atoms with E-state index in [0.29, 0.717) is 36.7 Å². The van der Waals surface area contributed by atoms with Gasteiger partial charge >= 0.3 is 0 Å². The SMILES string of the molecule is Cc1nc(N[C@@H]2CCN(C(=O)c3ccc(F)c(F)c3)C2)cc2c1NC(=O)C(C(C)C)N2C. The predicted molar refractivity (Wildman–Crippen MR) is 119 cm³/mol. The van der Waals surface area contributed by atoms with Crippen molar-refractivity contribution in [3.05, 3.63) is 47.2 Å². The molecule has 1 fully saturated rings. The summed E-state index contributed by atoms with van der Waals surface area (Å²) in [6.07, 6.45) is 0.703. The van der Waals surface area contributed by atoms with Gasteiger partial charge in [-0.3, -0.25) is 9.59 Å². The molecule has 4 rings (SSSR count). The topological polar surface area (TPSA) is 77.6 Å². The lowest BCUT2D eigenvalue weighted by atomic mass is 9.98. The third kappa shape index (κ3) is 3.99. The largest absolute Gasteiger partial charge is 0.365 e. The van der Waals surface area contributed by atoms with Crippen LogP contribution >= 0.6 is 0 Å². The van der Waals surface area contributed by atoms with Gasteiger partial charge in [0.05, 0.1) is 17.1 Å². The fraction of sp³-hybridized carbons (Fsp3) is 0.435. The second-order valence-corrected chi connectivity index (χ2v) is 8.79. The van der Waals surface area contributed by atoms with Crippen LogP contribution < -0.4 is 15.5 Å². The lowest BCUT2D eigenvalue weighted by Gasteiger charge is -2.38. The summed E-state index contributed by atoms with van der Waals surface area (Å²) in [5.74, 6) is -1.57.